The number of rotatable bonds is 3. The van der Waals surface area contributed by atoms with Gasteiger partial charge in [0.15, 0.2) is 0 Å². The van der Waals surface area contributed by atoms with Crippen molar-refractivity contribution in [2.45, 2.75) is 46.1 Å². The van der Waals surface area contributed by atoms with E-state index in [2.05, 4.69) is 33.5 Å². The summed E-state index contributed by atoms with van der Waals surface area (Å²) < 4.78 is 1.11. The highest BCUT2D eigenvalue weighted by Crippen LogP contribution is 2.26. The molecule has 1 aromatic rings. The zero-order valence-corrected chi connectivity index (χ0v) is 14.0. The zero-order valence-electron chi connectivity index (χ0n) is 12.4. The van der Waals surface area contributed by atoms with Crippen LogP contribution in [0.4, 0.5) is 5.69 Å². The molecule has 110 valence electrons. The SMILES string of the molecule is CCC1CCNC(C(=O)Nc2cc(C)c(Br)c(C)c2)C1. The smallest absolute Gasteiger partial charge is 0.241 e. The van der Waals surface area contributed by atoms with Crippen molar-refractivity contribution >= 4 is 27.5 Å². The van der Waals surface area contributed by atoms with E-state index in [1.54, 1.807) is 0 Å². The molecule has 2 unspecified atom stereocenters. The van der Waals surface area contributed by atoms with Crippen LogP contribution < -0.4 is 10.6 Å². The first-order valence-electron chi connectivity index (χ1n) is 7.32. The molecule has 2 rings (SSSR count). The fraction of sp³-hybridized carbons (Fsp3) is 0.562. The van der Waals surface area contributed by atoms with Crippen LogP contribution in [-0.4, -0.2) is 18.5 Å². The van der Waals surface area contributed by atoms with E-state index in [1.807, 2.05) is 26.0 Å². The number of anilines is 1. The summed E-state index contributed by atoms with van der Waals surface area (Å²) in [5, 5.41) is 6.37. The van der Waals surface area contributed by atoms with Crippen LogP contribution in [0.25, 0.3) is 0 Å². The lowest BCUT2D eigenvalue weighted by atomic mass is 9.90. The predicted molar refractivity (Wildman–Crippen MR) is 87.1 cm³/mol. The molecule has 0 spiro atoms. The van der Waals surface area contributed by atoms with Crippen molar-refractivity contribution in [3.8, 4) is 0 Å². The third-order valence-electron chi connectivity index (χ3n) is 4.11. The molecule has 1 fully saturated rings. The van der Waals surface area contributed by atoms with E-state index in [0.29, 0.717) is 5.92 Å². The molecule has 0 aromatic heterocycles. The van der Waals surface area contributed by atoms with Crippen molar-refractivity contribution in [3.05, 3.63) is 27.7 Å². The van der Waals surface area contributed by atoms with Crippen LogP contribution in [0.15, 0.2) is 16.6 Å². The van der Waals surface area contributed by atoms with Gasteiger partial charge >= 0.3 is 0 Å². The van der Waals surface area contributed by atoms with E-state index in [9.17, 15) is 4.79 Å². The third kappa shape index (κ3) is 3.61. The largest absolute Gasteiger partial charge is 0.325 e. The van der Waals surface area contributed by atoms with Crippen LogP contribution in [0.3, 0.4) is 0 Å². The number of amides is 1. The number of carbonyl (C=O) groups is 1. The summed E-state index contributed by atoms with van der Waals surface area (Å²) in [5.74, 6) is 0.754. The van der Waals surface area contributed by atoms with Crippen molar-refractivity contribution in [2.75, 3.05) is 11.9 Å². The van der Waals surface area contributed by atoms with Crippen molar-refractivity contribution < 1.29 is 4.79 Å². The van der Waals surface area contributed by atoms with Gasteiger partial charge in [-0.3, -0.25) is 4.79 Å². The van der Waals surface area contributed by atoms with Gasteiger partial charge in [0.1, 0.15) is 0 Å². The van der Waals surface area contributed by atoms with Crippen LogP contribution in [0.1, 0.15) is 37.3 Å². The lowest BCUT2D eigenvalue weighted by Gasteiger charge is -2.29. The maximum atomic E-state index is 12.4. The standard InChI is InChI=1S/C16H23BrN2O/c1-4-12-5-6-18-14(9-12)16(20)19-13-7-10(2)15(17)11(3)8-13/h7-8,12,14,18H,4-6,9H2,1-3H3,(H,19,20). The summed E-state index contributed by atoms with van der Waals surface area (Å²) >= 11 is 3.55. The molecule has 3 nitrogen and oxygen atoms in total. The molecule has 1 aliphatic heterocycles. The molecular formula is C16H23BrN2O. The van der Waals surface area contributed by atoms with E-state index < -0.39 is 0 Å². The number of aryl methyl sites for hydroxylation is 2. The molecule has 20 heavy (non-hydrogen) atoms. The van der Waals surface area contributed by atoms with Gasteiger partial charge in [-0.05, 0) is 62.4 Å². The van der Waals surface area contributed by atoms with Gasteiger partial charge in [0.05, 0.1) is 6.04 Å². The van der Waals surface area contributed by atoms with E-state index in [1.165, 1.54) is 6.42 Å². The van der Waals surface area contributed by atoms with Crippen LogP contribution >= 0.6 is 15.9 Å². The predicted octanol–water partition coefficient (Wildman–Crippen LogP) is 3.78. The second-order valence-electron chi connectivity index (χ2n) is 5.72. The molecule has 4 heteroatoms. The van der Waals surface area contributed by atoms with Crippen LogP contribution in [0.5, 0.6) is 0 Å². The Morgan fingerprint density at radius 1 is 1.40 bits per heavy atom. The topological polar surface area (TPSA) is 41.1 Å². The first kappa shape index (κ1) is 15.5. The lowest BCUT2D eigenvalue weighted by Crippen LogP contribution is -2.46. The lowest BCUT2D eigenvalue weighted by molar-refractivity contribution is -0.119. The Morgan fingerprint density at radius 2 is 2.05 bits per heavy atom. The first-order chi connectivity index (χ1) is 9.51. The number of carbonyl (C=O) groups excluding carboxylic acids is 1. The number of halogens is 1. The Morgan fingerprint density at radius 3 is 2.65 bits per heavy atom. The summed E-state index contributed by atoms with van der Waals surface area (Å²) in [6.07, 6.45) is 3.27. The minimum absolute atomic E-state index is 0.0574. The summed E-state index contributed by atoms with van der Waals surface area (Å²) in [5.41, 5.74) is 3.17. The fourth-order valence-corrected chi connectivity index (χ4v) is 3.04. The molecule has 0 bridgehead atoms. The minimum Gasteiger partial charge on any atom is -0.325 e. The van der Waals surface area contributed by atoms with Crippen LogP contribution in [0.2, 0.25) is 0 Å². The first-order valence-corrected chi connectivity index (χ1v) is 8.11. The molecule has 1 aromatic carbocycles. The molecular weight excluding hydrogens is 316 g/mol. The molecule has 1 saturated heterocycles. The molecule has 1 aliphatic rings. The summed E-state index contributed by atoms with van der Waals surface area (Å²) in [6, 6.07) is 3.96. The van der Waals surface area contributed by atoms with Gasteiger partial charge in [-0.1, -0.05) is 29.3 Å². The normalized spacial score (nSPS) is 22.6. The summed E-state index contributed by atoms with van der Waals surface area (Å²) in [6.45, 7) is 7.22. The van der Waals surface area contributed by atoms with Gasteiger partial charge in [-0.15, -0.1) is 0 Å². The van der Waals surface area contributed by atoms with Gasteiger partial charge in [0.2, 0.25) is 5.91 Å². The number of hydrogen-bond acceptors (Lipinski definition) is 2. The Hall–Kier alpha value is -0.870. The molecule has 0 saturated carbocycles. The van der Waals surface area contributed by atoms with Gasteiger partial charge in [-0.25, -0.2) is 0 Å². The van der Waals surface area contributed by atoms with Crippen molar-refractivity contribution in [1.29, 1.82) is 0 Å². The van der Waals surface area contributed by atoms with Crippen LogP contribution in [0, 0.1) is 19.8 Å². The fourth-order valence-electron chi connectivity index (χ4n) is 2.81. The highest BCUT2D eigenvalue weighted by molar-refractivity contribution is 9.10. The average Bonchev–Trinajstić information content (AvgIpc) is 2.44. The third-order valence-corrected chi connectivity index (χ3v) is 5.36. The van der Waals surface area contributed by atoms with Crippen molar-refractivity contribution in [3.63, 3.8) is 0 Å². The Balaban J connectivity index is 2.04. The van der Waals surface area contributed by atoms with E-state index >= 15 is 0 Å². The van der Waals surface area contributed by atoms with E-state index in [0.717, 1.165) is 40.7 Å². The monoisotopic (exact) mass is 338 g/mol. The van der Waals surface area contributed by atoms with Gasteiger partial charge in [0, 0.05) is 10.2 Å². The minimum atomic E-state index is -0.0574. The summed E-state index contributed by atoms with van der Waals surface area (Å²) in [7, 11) is 0. The molecule has 0 radical (unpaired) electrons. The molecule has 0 aliphatic carbocycles. The Labute approximate surface area is 129 Å². The van der Waals surface area contributed by atoms with Gasteiger partial charge in [-0.2, -0.15) is 0 Å². The highest BCUT2D eigenvalue weighted by Gasteiger charge is 2.25. The van der Waals surface area contributed by atoms with Crippen molar-refractivity contribution in [1.82, 2.24) is 5.32 Å². The van der Waals surface area contributed by atoms with Gasteiger partial charge in [0.25, 0.3) is 0 Å². The Kier molecular flexibility index (Phi) is 5.22. The molecule has 2 N–H and O–H groups in total. The molecule has 2 atom stereocenters. The molecule has 1 amide bonds. The van der Waals surface area contributed by atoms with E-state index in [4.69, 9.17) is 0 Å². The number of benzene rings is 1. The van der Waals surface area contributed by atoms with Crippen molar-refractivity contribution in [2.24, 2.45) is 5.92 Å². The quantitative estimate of drug-likeness (QED) is 0.880. The Bertz CT molecular complexity index is 478. The van der Waals surface area contributed by atoms with E-state index in [-0.39, 0.29) is 11.9 Å². The molecule has 1 heterocycles. The summed E-state index contributed by atoms with van der Waals surface area (Å²) in [4.78, 5) is 12.4. The second-order valence-corrected chi connectivity index (χ2v) is 6.51. The number of piperidine rings is 1. The zero-order chi connectivity index (χ0) is 14.7. The highest BCUT2D eigenvalue weighted by atomic mass is 79.9. The number of nitrogens with one attached hydrogen (secondary N) is 2. The van der Waals surface area contributed by atoms with Crippen LogP contribution in [-0.2, 0) is 4.79 Å². The van der Waals surface area contributed by atoms with Gasteiger partial charge < -0.3 is 10.6 Å². The maximum absolute atomic E-state index is 12.4. The second kappa shape index (κ2) is 6.72. The number of hydrogen-bond donors (Lipinski definition) is 2. The average molecular weight is 339 g/mol. The maximum Gasteiger partial charge on any atom is 0.241 e.